The Kier molecular flexibility index (Phi) is 13.4. The van der Waals surface area contributed by atoms with Crippen LogP contribution in [-0.2, 0) is 19.0 Å². The third-order valence-electron chi connectivity index (χ3n) is 1.59. The van der Waals surface area contributed by atoms with E-state index in [-0.39, 0.29) is 13.2 Å². The highest BCUT2D eigenvalue weighted by molar-refractivity contribution is 5.78. The fourth-order valence-corrected chi connectivity index (χ4v) is 0.605. The lowest BCUT2D eigenvalue weighted by Gasteiger charge is -2.20. The number of aliphatic hydroxyl groups is 2. The third-order valence-corrected chi connectivity index (χ3v) is 1.59. The van der Waals surface area contributed by atoms with Gasteiger partial charge >= 0.3 is 5.97 Å². The molecule has 1 atom stereocenters. The number of carboxylic acid groups (broad SMARTS) is 1. The molecule has 0 aromatic carbocycles. The second-order valence-corrected chi connectivity index (χ2v) is 3.31. The summed E-state index contributed by atoms with van der Waals surface area (Å²) in [6.07, 6.45) is 0.833. The quantitative estimate of drug-likeness (QED) is 0.297. The van der Waals surface area contributed by atoms with Crippen LogP contribution in [0.3, 0.4) is 0 Å². The van der Waals surface area contributed by atoms with Gasteiger partial charge in [-0.15, -0.1) is 0 Å². The van der Waals surface area contributed by atoms with Gasteiger partial charge in [-0.2, -0.15) is 0 Å². The summed E-state index contributed by atoms with van der Waals surface area (Å²) in [5.41, 5.74) is 0. The number of aliphatic hydroxyl groups excluding tert-OH is 1. The number of carboxylic acids is 1. The predicted molar refractivity (Wildman–Crippen MR) is 64.2 cm³/mol. The Hall–Kier alpha value is -0.990. The zero-order chi connectivity index (χ0) is 14.4. The van der Waals surface area contributed by atoms with Gasteiger partial charge in [0.1, 0.15) is 6.61 Å². The molecule has 7 heteroatoms. The first-order chi connectivity index (χ1) is 8.39. The SMILES string of the molecule is C=CC(=O)O.COC(C)(O)COCCOCCO. The monoisotopic (exact) mass is 266 g/mol. The van der Waals surface area contributed by atoms with Crippen molar-refractivity contribution in [1.29, 1.82) is 0 Å². The smallest absolute Gasteiger partial charge is 0.327 e. The van der Waals surface area contributed by atoms with Crippen LogP contribution in [0.5, 0.6) is 0 Å². The molecule has 0 heterocycles. The summed E-state index contributed by atoms with van der Waals surface area (Å²) in [7, 11) is 1.41. The Labute approximate surface area is 107 Å². The van der Waals surface area contributed by atoms with Crippen molar-refractivity contribution in [1.82, 2.24) is 0 Å². The second-order valence-electron chi connectivity index (χ2n) is 3.31. The molecule has 0 spiro atoms. The lowest BCUT2D eigenvalue weighted by atomic mass is 10.3. The van der Waals surface area contributed by atoms with Crippen molar-refractivity contribution in [2.24, 2.45) is 0 Å². The number of methoxy groups -OCH3 is 1. The molecule has 0 aliphatic rings. The van der Waals surface area contributed by atoms with Gasteiger partial charge in [0.05, 0.1) is 26.4 Å². The molecular weight excluding hydrogens is 244 g/mol. The Morgan fingerprint density at radius 1 is 1.33 bits per heavy atom. The van der Waals surface area contributed by atoms with E-state index < -0.39 is 11.8 Å². The summed E-state index contributed by atoms with van der Waals surface area (Å²) in [6, 6.07) is 0. The number of carbonyl (C=O) groups is 1. The summed E-state index contributed by atoms with van der Waals surface area (Å²) < 4.78 is 14.7. The minimum absolute atomic E-state index is 0.00971. The molecule has 0 radical (unpaired) electrons. The zero-order valence-electron chi connectivity index (χ0n) is 10.8. The standard InChI is InChI=1S/C8H18O5.C3H4O2/c1-8(10,11-2)7-13-6-5-12-4-3-9;1-2-3(4)5/h9-10H,3-7H2,1-2H3;2H,1H2,(H,4,5). The molecule has 0 fully saturated rings. The van der Waals surface area contributed by atoms with Gasteiger partial charge in [-0.1, -0.05) is 6.58 Å². The van der Waals surface area contributed by atoms with Crippen molar-refractivity contribution in [2.45, 2.75) is 12.7 Å². The molecule has 0 amide bonds. The van der Waals surface area contributed by atoms with Crippen LogP contribution in [-0.4, -0.2) is 67.2 Å². The average molecular weight is 266 g/mol. The first-order valence-corrected chi connectivity index (χ1v) is 5.29. The molecule has 0 saturated carbocycles. The molecule has 0 aromatic heterocycles. The molecule has 0 aliphatic heterocycles. The van der Waals surface area contributed by atoms with E-state index in [0.717, 1.165) is 6.08 Å². The zero-order valence-corrected chi connectivity index (χ0v) is 10.8. The summed E-state index contributed by atoms with van der Waals surface area (Å²) in [5.74, 6) is -2.22. The first-order valence-electron chi connectivity index (χ1n) is 5.29. The molecule has 18 heavy (non-hydrogen) atoms. The van der Waals surface area contributed by atoms with E-state index in [1.54, 1.807) is 0 Å². The van der Waals surface area contributed by atoms with E-state index in [1.165, 1.54) is 14.0 Å². The van der Waals surface area contributed by atoms with Gasteiger partial charge in [0, 0.05) is 13.2 Å². The van der Waals surface area contributed by atoms with E-state index in [9.17, 15) is 9.90 Å². The molecule has 0 aliphatic carbocycles. The maximum Gasteiger partial charge on any atom is 0.327 e. The van der Waals surface area contributed by atoms with E-state index in [1.807, 2.05) is 0 Å². The summed E-state index contributed by atoms with van der Waals surface area (Å²) in [4.78, 5) is 9.25. The maximum absolute atomic E-state index is 9.30. The van der Waals surface area contributed by atoms with Crippen molar-refractivity contribution in [3.8, 4) is 0 Å². The fourth-order valence-electron chi connectivity index (χ4n) is 0.605. The van der Waals surface area contributed by atoms with Gasteiger partial charge in [0.15, 0.2) is 5.79 Å². The Morgan fingerprint density at radius 3 is 2.22 bits per heavy atom. The van der Waals surface area contributed by atoms with Gasteiger partial charge in [0.25, 0.3) is 0 Å². The average Bonchev–Trinajstić information content (AvgIpc) is 2.34. The van der Waals surface area contributed by atoms with E-state index in [4.69, 9.17) is 24.4 Å². The first kappa shape index (κ1) is 19.4. The molecule has 108 valence electrons. The molecule has 0 aromatic rings. The molecule has 0 bridgehead atoms. The van der Waals surface area contributed by atoms with Crippen LogP contribution < -0.4 is 0 Å². The predicted octanol–water partition coefficient (Wildman–Crippen LogP) is -0.376. The molecule has 0 rings (SSSR count). The van der Waals surface area contributed by atoms with Crippen LogP contribution in [0.2, 0.25) is 0 Å². The Balaban J connectivity index is 0. The Morgan fingerprint density at radius 2 is 1.83 bits per heavy atom. The molecular formula is C11H22O7. The summed E-state index contributed by atoms with van der Waals surface area (Å²) >= 11 is 0. The van der Waals surface area contributed by atoms with Gasteiger partial charge < -0.3 is 29.5 Å². The fraction of sp³-hybridized carbons (Fsp3) is 0.727. The van der Waals surface area contributed by atoms with Crippen LogP contribution >= 0.6 is 0 Å². The van der Waals surface area contributed by atoms with Crippen molar-refractivity contribution >= 4 is 5.97 Å². The van der Waals surface area contributed by atoms with Crippen LogP contribution in [0.1, 0.15) is 6.92 Å². The van der Waals surface area contributed by atoms with Crippen molar-refractivity contribution < 1.29 is 34.3 Å². The minimum atomic E-state index is -1.24. The van der Waals surface area contributed by atoms with Crippen molar-refractivity contribution in [3.05, 3.63) is 12.7 Å². The third kappa shape index (κ3) is 17.4. The number of hydrogen-bond acceptors (Lipinski definition) is 6. The van der Waals surface area contributed by atoms with Gasteiger partial charge in [-0.3, -0.25) is 0 Å². The lowest BCUT2D eigenvalue weighted by Crippen LogP contribution is -2.33. The van der Waals surface area contributed by atoms with Crippen molar-refractivity contribution in [2.75, 3.05) is 40.1 Å². The second kappa shape index (κ2) is 12.5. The minimum Gasteiger partial charge on any atom is -0.478 e. The lowest BCUT2D eigenvalue weighted by molar-refractivity contribution is -0.205. The largest absolute Gasteiger partial charge is 0.478 e. The highest BCUT2D eigenvalue weighted by Gasteiger charge is 2.18. The van der Waals surface area contributed by atoms with E-state index in [0.29, 0.717) is 19.8 Å². The topological polar surface area (TPSA) is 105 Å². The molecule has 0 saturated heterocycles. The van der Waals surface area contributed by atoms with Gasteiger partial charge in [0.2, 0.25) is 0 Å². The molecule has 1 unspecified atom stereocenters. The normalized spacial score (nSPS) is 13.1. The Bertz CT molecular complexity index is 215. The molecule has 7 nitrogen and oxygen atoms in total. The van der Waals surface area contributed by atoms with Gasteiger partial charge in [-0.05, 0) is 6.92 Å². The molecule has 3 N–H and O–H groups in total. The summed E-state index contributed by atoms with van der Waals surface area (Å²) in [5, 5.41) is 25.3. The van der Waals surface area contributed by atoms with Crippen molar-refractivity contribution in [3.63, 3.8) is 0 Å². The van der Waals surface area contributed by atoms with E-state index in [2.05, 4.69) is 6.58 Å². The maximum atomic E-state index is 9.30. The number of aliphatic carboxylic acids is 1. The number of ether oxygens (including phenoxy) is 3. The number of rotatable bonds is 9. The highest BCUT2D eigenvalue weighted by Crippen LogP contribution is 2.03. The highest BCUT2D eigenvalue weighted by atomic mass is 16.6. The van der Waals surface area contributed by atoms with Crippen LogP contribution in [0, 0.1) is 0 Å². The van der Waals surface area contributed by atoms with Gasteiger partial charge in [-0.25, -0.2) is 4.79 Å². The van der Waals surface area contributed by atoms with Crippen LogP contribution in [0.15, 0.2) is 12.7 Å². The summed E-state index contributed by atoms with van der Waals surface area (Å²) in [6.45, 7) is 5.68. The van der Waals surface area contributed by atoms with Crippen LogP contribution in [0.4, 0.5) is 0 Å². The van der Waals surface area contributed by atoms with Crippen LogP contribution in [0.25, 0.3) is 0 Å². The van der Waals surface area contributed by atoms with E-state index >= 15 is 0 Å². The number of hydrogen-bond donors (Lipinski definition) is 3.